The molecule has 1 atom stereocenters. The number of rotatable bonds is 9. The highest BCUT2D eigenvalue weighted by Gasteiger charge is 2.12. The van der Waals surface area contributed by atoms with E-state index in [1.165, 1.54) is 0 Å². The van der Waals surface area contributed by atoms with Crippen molar-refractivity contribution in [3.05, 3.63) is 17.8 Å². The molecule has 1 rings (SSSR count). The van der Waals surface area contributed by atoms with Crippen LogP contribution in [0.25, 0.3) is 0 Å². The van der Waals surface area contributed by atoms with Gasteiger partial charge in [0.2, 0.25) is 0 Å². The van der Waals surface area contributed by atoms with Gasteiger partial charge in [0.15, 0.2) is 5.75 Å². The molecule has 0 aliphatic rings. The highest BCUT2D eigenvalue weighted by atomic mass is 16.5. The van der Waals surface area contributed by atoms with Crippen LogP contribution in [-0.4, -0.2) is 38.5 Å². The Labute approximate surface area is 121 Å². The topological polar surface area (TPSA) is 66.6 Å². The van der Waals surface area contributed by atoms with E-state index >= 15 is 0 Å². The van der Waals surface area contributed by atoms with E-state index < -0.39 is 0 Å². The Morgan fingerprint density at radius 2 is 2.00 bits per heavy atom. The van der Waals surface area contributed by atoms with Crippen molar-refractivity contribution in [2.24, 2.45) is 11.7 Å². The Bertz CT molecular complexity index is 397. The van der Waals surface area contributed by atoms with Gasteiger partial charge in [-0.2, -0.15) is 0 Å². The molecule has 0 aromatic carbocycles. The van der Waals surface area contributed by atoms with Gasteiger partial charge in [0.05, 0.1) is 13.7 Å². The minimum Gasteiger partial charge on any atom is -0.488 e. The summed E-state index contributed by atoms with van der Waals surface area (Å²) in [6.45, 7) is 5.48. The molecule has 20 heavy (non-hydrogen) atoms. The summed E-state index contributed by atoms with van der Waals surface area (Å²) in [5.74, 6) is 1.60. The Morgan fingerprint density at radius 3 is 2.60 bits per heavy atom. The van der Waals surface area contributed by atoms with Gasteiger partial charge in [-0.1, -0.05) is 13.8 Å². The van der Waals surface area contributed by atoms with E-state index in [-0.39, 0.29) is 6.04 Å². The van der Waals surface area contributed by atoms with Crippen molar-refractivity contribution in [3.8, 4) is 11.6 Å². The first kappa shape index (κ1) is 16.7. The Morgan fingerprint density at radius 1 is 1.25 bits per heavy atom. The first-order valence-corrected chi connectivity index (χ1v) is 6.98. The van der Waals surface area contributed by atoms with Crippen LogP contribution in [0.2, 0.25) is 0 Å². The summed E-state index contributed by atoms with van der Waals surface area (Å²) < 4.78 is 15.9. The predicted octanol–water partition coefficient (Wildman–Crippen LogP) is 2.03. The largest absolute Gasteiger partial charge is 0.488 e. The second kappa shape index (κ2) is 8.76. The molecular formula is C15H26N2O3. The highest BCUT2D eigenvalue weighted by molar-refractivity contribution is 5.36. The zero-order valence-corrected chi connectivity index (χ0v) is 12.9. The molecule has 0 saturated carbocycles. The third-order valence-electron chi connectivity index (χ3n) is 3.15. The predicted molar refractivity (Wildman–Crippen MR) is 79.3 cm³/mol. The van der Waals surface area contributed by atoms with Crippen LogP contribution in [0.5, 0.6) is 11.6 Å². The van der Waals surface area contributed by atoms with Crippen LogP contribution >= 0.6 is 0 Å². The van der Waals surface area contributed by atoms with Gasteiger partial charge in [-0.15, -0.1) is 0 Å². The van der Waals surface area contributed by atoms with Gasteiger partial charge in [-0.25, -0.2) is 4.98 Å². The third kappa shape index (κ3) is 5.35. The smallest absolute Gasteiger partial charge is 0.256 e. The summed E-state index contributed by atoms with van der Waals surface area (Å²) in [4.78, 5) is 4.27. The molecule has 1 heterocycles. The normalized spacial score (nSPS) is 12.5. The summed E-state index contributed by atoms with van der Waals surface area (Å²) in [7, 11) is 3.26. The van der Waals surface area contributed by atoms with E-state index in [2.05, 4.69) is 18.8 Å². The number of aromatic nitrogens is 1. The number of nitrogens with two attached hydrogens (primary N) is 1. The summed E-state index contributed by atoms with van der Waals surface area (Å²) in [5, 5.41) is 0. The maximum atomic E-state index is 6.09. The molecule has 2 N–H and O–H groups in total. The standard InChI is InChI=1S/C15H26N2O3/c1-11(2)13(16)8-12-9-14(15(19-4)17-10-12)20-7-5-6-18-3/h9-11,13H,5-8,16H2,1-4H3. The Kier molecular flexibility index (Phi) is 7.33. The Hall–Kier alpha value is -1.33. The van der Waals surface area contributed by atoms with Crippen molar-refractivity contribution >= 4 is 0 Å². The average Bonchev–Trinajstić information content (AvgIpc) is 2.43. The lowest BCUT2D eigenvalue weighted by Crippen LogP contribution is -2.28. The van der Waals surface area contributed by atoms with Gasteiger partial charge < -0.3 is 19.9 Å². The van der Waals surface area contributed by atoms with Gasteiger partial charge in [0.1, 0.15) is 0 Å². The van der Waals surface area contributed by atoms with Gasteiger partial charge in [-0.3, -0.25) is 0 Å². The zero-order chi connectivity index (χ0) is 15.0. The fraction of sp³-hybridized carbons (Fsp3) is 0.667. The summed E-state index contributed by atoms with van der Waals surface area (Å²) >= 11 is 0. The maximum Gasteiger partial charge on any atom is 0.256 e. The summed E-state index contributed by atoms with van der Waals surface area (Å²) in [5.41, 5.74) is 7.16. The van der Waals surface area contributed by atoms with E-state index in [1.54, 1.807) is 20.4 Å². The molecule has 0 spiro atoms. The highest BCUT2D eigenvalue weighted by Crippen LogP contribution is 2.26. The molecule has 5 heteroatoms. The monoisotopic (exact) mass is 282 g/mol. The van der Waals surface area contributed by atoms with Crippen LogP contribution in [0.1, 0.15) is 25.8 Å². The molecule has 0 bridgehead atoms. The van der Waals surface area contributed by atoms with Crippen molar-refractivity contribution in [2.75, 3.05) is 27.4 Å². The first-order chi connectivity index (χ1) is 9.58. The lowest BCUT2D eigenvalue weighted by molar-refractivity contribution is 0.170. The molecule has 0 saturated heterocycles. The van der Waals surface area contributed by atoms with E-state index in [1.807, 2.05) is 6.07 Å². The minimum atomic E-state index is 0.117. The summed E-state index contributed by atoms with van der Waals surface area (Å²) in [6, 6.07) is 2.08. The van der Waals surface area contributed by atoms with Gasteiger partial charge in [0, 0.05) is 32.4 Å². The number of methoxy groups -OCH3 is 2. The molecule has 1 aromatic heterocycles. The minimum absolute atomic E-state index is 0.117. The molecule has 114 valence electrons. The first-order valence-electron chi connectivity index (χ1n) is 6.98. The van der Waals surface area contributed by atoms with E-state index in [9.17, 15) is 0 Å². The van der Waals surface area contributed by atoms with Crippen molar-refractivity contribution in [1.82, 2.24) is 4.98 Å². The fourth-order valence-corrected chi connectivity index (χ4v) is 1.73. The molecule has 0 aliphatic carbocycles. The van der Waals surface area contributed by atoms with Gasteiger partial charge in [-0.05, 0) is 24.0 Å². The van der Waals surface area contributed by atoms with Crippen molar-refractivity contribution in [3.63, 3.8) is 0 Å². The second-order valence-electron chi connectivity index (χ2n) is 5.16. The molecule has 1 aromatic rings. The lowest BCUT2D eigenvalue weighted by Gasteiger charge is -2.16. The SMILES string of the molecule is COCCCOc1cc(CC(N)C(C)C)cnc1OC. The zero-order valence-electron chi connectivity index (χ0n) is 12.9. The van der Waals surface area contributed by atoms with Crippen LogP contribution < -0.4 is 15.2 Å². The van der Waals surface area contributed by atoms with E-state index in [4.69, 9.17) is 19.9 Å². The lowest BCUT2D eigenvalue weighted by atomic mass is 9.98. The van der Waals surface area contributed by atoms with E-state index in [0.29, 0.717) is 30.8 Å². The second-order valence-corrected chi connectivity index (χ2v) is 5.16. The van der Waals surface area contributed by atoms with Crippen LogP contribution in [0, 0.1) is 5.92 Å². The average molecular weight is 282 g/mol. The van der Waals surface area contributed by atoms with Crippen LogP contribution in [0.3, 0.4) is 0 Å². The number of ether oxygens (including phenoxy) is 3. The number of hydrogen-bond acceptors (Lipinski definition) is 5. The third-order valence-corrected chi connectivity index (χ3v) is 3.15. The molecule has 0 fully saturated rings. The molecule has 1 unspecified atom stereocenters. The molecule has 5 nitrogen and oxygen atoms in total. The number of pyridine rings is 1. The van der Waals surface area contributed by atoms with Crippen LogP contribution in [-0.2, 0) is 11.2 Å². The quantitative estimate of drug-likeness (QED) is 0.702. The molecule has 0 radical (unpaired) electrons. The van der Waals surface area contributed by atoms with Crippen LogP contribution in [0.15, 0.2) is 12.3 Å². The molecule has 0 aliphatic heterocycles. The Balaban J connectivity index is 2.69. The number of hydrogen-bond donors (Lipinski definition) is 1. The molecule has 0 amide bonds. The van der Waals surface area contributed by atoms with Crippen molar-refractivity contribution < 1.29 is 14.2 Å². The summed E-state index contributed by atoms with van der Waals surface area (Å²) in [6.07, 6.45) is 3.40. The van der Waals surface area contributed by atoms with Crippen LogP contribution in [0.4, 0.5) is 0 Å². The van der Waals surface area contributed by atoms with Crippen molar-refractivity contribution in [2.45, 2.75) is 32.7 Å². The van der Waals surface area contributed by atoms with Gasteiger partial charge in [0.25, 0.3) is 5.88 Å². The number of nitrogens with zero attached hydrogens (tertiary/aromatic N) is 1. The fourth-order valence-electron chi connectivity index (χ4n) is 1.73. The van der Waals surface area contributed by atoms with E-state index in [0.717, 1.165) is 18.4 Å². The maximum absolute atomic E-state index is 6.09. The van der Waals surface area contributed by atoms with Crippen molar-refractivity contribution in [1.29, 1.82) is 0 Å². The van der Waals surface area contributed by atoms with Gasteiger partial charge >= 0.3 is 0 Å². The molecular weight excluding hydrogens is 256 g/mol.